The second kappa shape index (κ2) is 5.90. The van der Waals surface area contributed by atoms with Crippen LogP contribution in [0.5, 0.6) is 5.75 Å². The maximum absolute atomic E-state index is 10.1. The molecular weight excluding hydrogens is 242 g/mol. The van der Waals surface area contributed by atoms with Crippen LogP contribution in [0.15, 0.2) is 18.2 Å². The van der Waals surface area contributed by atoms with Gasteiger partial charge in [0.1, 0.15) is 5.75 Å². The second-order valence-corrected chi connectivity index (χ2v) is 5.47. The van der Waals surface area contributed by atoms with Gasteiger partial charge in [0, 0.05) is 25.2 Å². The van der Waals surface area contributed by atoms with Gasteiger partial charge in [-0.05, 0) is 31.5 Å². The van der Waals surface area contributed by atoms with Crippen LogP contribution in [0.25, 0.3) is 0 Å². The summed E-state index contributed by atoms with van der Waals surface area (Å²) >= 11 is 0. The monoisotopic (exact) mass is 265 g/mol. The molecule has 1 fully saturated rings. The van der Waals surface area contributed by atoms with Crippen molar-refractivity contribution in [2.24, 2.45) is 0 Å². The molecule has 0 aliphatic carbocycles. The van der Waals surface area contributed by atoms with Crippen molar-refractivity contribution in [3.05, 3.63) is 29.3 Å². The summed E-state index contributed by atoms with van der Waals surface area (Å²) in [5.74, 6) is 0.875. The van der Waals surface area contributed by atoms with E-state index >= 15 is 0 Å². The highest BCUT2D eigenvalue weighted by Gasteiger charge is 2.19. The van der Waals surface area contributed by atoms with Crippen molar-refractivity contribution in [3.8, 4) is 5.75 Å². The highest BCUT2D eigenvalue weighted by atomic mass is 16.5. The van der Waals surface area contributed by atoms with Crippen molar-refractivity contribution in [2.75, 3.05) is 33.4 Å². The van der Waals surface area contributed by atoms with Gasteiger partial charge in [0.2, 0.25) is 0 Å². The molecule has 0 amide bonds. The summed E-state index contributed by atoms with van der Waals surface area (Å²) in [6, 6.07) is 5.89. The minimum absolute atomic E-state index is 0.785. The summed E-state index contributed by atoms with van der Waals surface area (Å²) in [5, 5.41) is 10.1. The zero-order chi connectivity index (χ0) is 13.9. The molecule has 1 saturated heterocycles. The summed E-state index contributed by atoms with van der Waals surface area (Å²) in [5.41, 5.74) is 1.20. The van der Waals surface area contributed by atoms with E-state index in [9.17, 15) is 5.11 Å². The average Bonchev–Trinajstić information content (AvgIpc) is 2.39. The number of morpholine rings is 1. The summed E-state index contributed by atoms with van der Waals surface area (Å²) < 4.78 is 10.8. The SMILES string of the molecule is COc1ccc(C(C)(C)O)cc1CN1CCOCC1. The fourth-order valence-electron chi connectivity index (χ4n) is 2.28. The van der Waals surface area contributed by atoms with Crippen LogP contribution in [-0.4, -0.2) is 43.4 Å². The van der Waals surface area contributed by atoms with E-state index in [-0.39, 0.29) is 0 Å². The minimum atomic E-state index is -0.827. The molecule has 2 rings (SSSR count). The van der Waals surface area contributed by atoms with E-state index in [4.69, 9.17) is 9.47 Å². The molecule has 1 N–H and O–H groups in total. The van der Waals surface area contributed by atoms with Crippen LogP contribution in [0.2, 0.25) is 0 Å². The van der Waals surface area contributed by atoms with Crippen LogP contribution in [0.4, 0.5) is 0 Å². The maximum atomic E-state index is 10.1. The molecule has 106 valence electrons. The first kappa shape index (κ1) is 14.3. The van der Waals surface area contributed by atoms with Crippen LogP contribution in [0.1, 0.15) is 25.0 Å². The molecule has 0 radical (unpaired) electrons. The van der Waals surface area contributed by atoms with E-state index < -0.39 is 5.60 Å². The normalized spacial score (nSPS) is 17.5. The number of methoxy groups -OCH3 is 1. The Bertz CT molecular complexity index is 420. The van der Waals surface area contributed by atoms with Gasteiger partial charge in [-0.25, -0.2) is 0 Å². The third-order valence-corrected chi connectivity index (χ3v) is 3.48. The molecule has 0 spiro atoms. The molecule has 0 atom stereocenters. The Morgan fingerprint density at radius 1 is 1.32 bits per heavy atom. The van der Waals surface area contributed by atoms with Crippen LogP contribution in [0, 0.1) is 0 Å². The Balaban J connectivity index is 2.20. The quantitative estimate of drug-likeness (QED) is 0.900. The molecule has 19 heavy (non-hydrogen) atoms. The van der Waals surface area contributed by atoms with Gasteiger partial charge in [-0.3, -0.25) is 4.90 Å². The van der Waals surface area contributed by atoms with Crippen LogP contribution >= 0.6 is 0 Å². The maximum Gasteiger partial charge on any atom is 0.123 e. The molecule has 4 nitrogen and oxygen atoms in total. The highest BCUT2D eigenvalue weighted by Crippen LogP contribution is 2.27. The number of nitrogens with zero attached hydrogens (tertiary/aromatic N) is 1. The average molecular weight is 265 g/mol. The van der Waals surface area contributed by atoms with E-state index in [1.165, 1.54) is 0 Å². The van der Waals surface area contributed by atoms with Crippen molar-refractivity contribution >= 4 is 0 Å². The number of rotatable bonds is 4. The lowest BCUT2D eigenvalue weighted by Gasteiger charge is -2.28. The Hall–Kier alpha value is -1.10. The molecule has 1 aromatic rings. The number of benzene rings is 1. The smallest absolute Gasteiger partial charge is 0.123 e. The molecule has 1 heterocycles. The Labute approximate surface area is 114 Å². The molecule has 0 saturated carbocycles. The highest BCUT2D eigenvalue weighted by molar-refractivity contribution is 5.39. The first-order valence-corrected chi connectivity index (χ1v) is 6.70. The van der Waals surface area contributed by atoms with Crippen molar-refractivity contribution in [3.63, 3.8) is 0 Å². The molecular formula is C15H23NO3. The van der Waals surface area contributed by atoms with Gasteiger partial charge in [-0.2, -0.15) is 0 Å². The number of aliphatic hydroxyl groups is 1. The lowest BCUT2D eigenvalue weighted by atomic mass is 9.96. The minimum Gasteiger partial charge on any atom is -0.496 e. The summed E-state index contributed by atoms with van der Waals surface area (Å²) in [4.78, 5) is 2.34. The van der Waals surface area contributed by atoms with E-state index in [0.717, 1.165) is 49.7 Å². The number of hydrogen-bond acceptors (Lipinski definition) is 4. The summed E-state index contributed by atoms with van der Waals surface area (Å²) in [6.45, 7) is 7.88. The van der Waals surface area contributed by atoms with Crippen molar-refractivity contribution < 1.29 is 14.6 Å². The second-order valence-electron chi connectivity index (χ2n) is 5.47. The third kappa shape index (κ3) is 3.69. The Morgan fingerprint density at radius 3 is 2.58 bits per heavy atom. The summed E-state index contributed by atoms with van der Waals surface area (Å²) in [6.07, 6.45) is 0. The zero-order valence-electron chi connectivity index (χ0n) is 12.0. The molecule has 1 aromatic carbocycles. The molecule has 0 unspecified atom stereocenters. The fraction of sp³-hybridized carbons (Fsp3) is 0.600. The standard InChI is InChI=1S/C15H23NO3/c1-15(2,17)13-4-5-14(18-3)12(10-13)11-16-6-8-19-9-7-16/h4-5,10,17H,6-9,11H2,1-3H3. The lowest BCUT2D eigenvalue weighted by Crippen LogP contribution is -2.35. The third-order valence-electron chi connectivity index (χ3n) is 3.48. The Kier molecular flexibility index (Phi) is 4.45. The molecule has 1 aliphatic rings. The van der Waals surface area contributed by atoms with Crippen LogP contribution in [-0.2, 0) is 16.9 Å². The van der Waals surface area contributed by atoms with Crippen LogP contribution < -0.4 is 4.74 Å². The fourth-order valence-corrected chi connectivity index (χ4v) is 2.28. The number of ether oxygens (including phenoxy) is 2. The predicted octanol–water partition coefficient (Wildman–Crippen LogP) is 1.75. The predicted molar refractivity (Wildman–Crippen MR) is 74.3 cm³/mol. The van der Waals surface area contributed by atoms with Gasteiger partial charge in [0.25, 0.3) is 0 Å². The largest absolute Gasteiger partial charge is 0.496 e. The lowest BCUT2D eigenvalue weighted by molar-refractivity contribution is 0.0337. The van der Waals surface area contributed by atoms with E-state index in [1.54, 1.807) is 21.0 Å². The van der Waals surface area contributed by atoms with Crippen LogP contribution in [0.3, 0.4) is 0 Å². The topological polar surface area (TPSA) is 41.9 Å². The van der Waals surface area contributed by atoms with Gasteiger partial charge < -0.3 is 14.6 Å². The van der Waals surface area contributed by atoms with E-state index in [0.29, 0.717) is 0 Å². The van der Waals surface area contributed by atoms with E-state index in [1.807, 2.05) is 18.2 Å². The van der Waals surface area contributed by atoms with E-state index in [2.05, 4.69) is 4.90 Å². The zero-order valence-corrected chi connectivity index (χ0v) is 12.0. The molecule has 0 aromatic heterocycles. The molecule has 4 heteroatoms. The molecule has 1 aliphatic heterocycles. The van der Waals surface area contributed by atoms with Gasteiger partial charge in [0.05, 0.1) is 25.9 Å². The Morgan fingerprint density at radius 2 is 2.00 bits per heavy atom. The van der Waals surface area contributed by atoms with Crippen molar-refractivity contribution in [2.45, 2.75) is 26.0 Å². The number of hydrogen-bond donors (Lipinski definition) is 1. The molecule has 0 bridgehead atoms. The summed E-state index contributed by atoms with van der Waals surface area (Å²) in [7, 11) is 1.68. The van der Waals surface area contributed by atoms with Crippen molar-refractivity contribution in [1.82, 2.24) is 4.90 Å². The first-order chi connectivity index (χ1) is 9.00. The van der Waals surface area contributed by atoms with Gasteiger partial charge >= 0.3 is 0 Å². The van der Waals surface area contributed by atoms with Crippen molar-refractivity contribution in [1.29, 1.82) is 0 Å². The first-order valence-electron chi connectivity index (χ1n) is 6.70. The van der Waals surface area contributed by atoms with Gasteiger partial charge in [-0.15, -0.1) is 0 Å². The van der Waals surface area contributed by atoms with Gasteiger partial charge in [0.15, 0.2) is 0 Å². The van der Waals surface area contributed by atoms with Gasteiger partial charge in [-0.1, -0.05) is 6.07 Å².